The number of ether oxygens (including phenoxy) is 1. The van der Waals surface area contributed by atoms with E-state index in [0.29, 0.717) is 10.9 Å². The Labute approximate surface area is 126 Å². The van der Waals surface area contributed by atoms with Crippen LogP contribution in [0.2, 0.25) is 0 Å². The summed E-state index contributed by atoms with van der Waals surface area (Å²) in [4.78, 5) is 0.587. The van der Waals surface area contributed by atoms with E-state index < -0.39 is 17.9 Å². The maximum Gasteiger partial charge on any atom is 0.573 e. The second-order valence-corrected chi connectivity index (χ2v) is 5.65. The molecule has 0 saturated heterocycles. The topological polar surface area (TPSA) is 35.2 Å². The van der Waals surface area contributed by atoms with Gasteiger partial charge in [0.15, 0.2) is 5.75 Å². The van der Waals surface area contributed by atoms with Crippen LogP contribution in [0.5, 0.6) is 5.75 Å². The molecular weight excluding hydrogens is 318 g/mol. The van der Waals surface area contributed by atoms with Gasteiger partial charge in [0.05, 0.1) is 5.69 Å². The molecule has 0 bridgehead atoms. The van der Waals surface area contributed by atoms with Crippen LogP contribution in [-0.4, -0.2) is 6.36 Å². The quantitative estimate of drug-likeness (QED) is 0.519. The predicted molar refractivity (Wildman–Crippen MR) is 78.3 cm³/mol. The predicted octanol–water partition coefficient (Wildman–Crippen LogP) is 5.19. The van der Waals surface area contributed by atoms with Gasteiger partial charge in [0.25, 0.3) is 0 Å². The smallest absolute Gasteiger partial charge is 0.403 e. The third-order valence-electron chi connectivity index (χ3n) is 3.02. The Morgan fingerprint density at radius 3 is 2.45 bits per heavy atom. The first kappa shape index (κ1) is 14.6. The first-order valence-corrected chi connectivity index (χ1v) is 6.99. The molecule has 1 heterocycles. The van der Waals surface area contributed by atoms with E-state index in [1.807, 2.05) is 24.3 Å². The van der Waals surface area contributed by atoms with Crippen molar-refractivity contribution in [2.75, 3.05) is 5.73 Å². The van der Waals surface area contributed by atoms with Crippen LogP contribution in [0.1, 0.15) is 0 Å². The maximum absolute atomic E-state index is 14.1. The molecule has 0 saturated carbocycles. The molecule has 0 radical (unpaired) electrons. The zero-order chi connectivity index (χ0) is 15.9. The van der Waals surface area contributed by atoms with E-state index in [0.717, 1.165) is 16.2 Å². The van der Waals surface area contributed by atoms with Crippen molar-refractivity contribution in [2.24, 2.45) is 0 Å². The number of benzene rings is 2. The third kappa shape index (κ3) is 2.85. The van der Waals surface area contributed by atoms with E-state index >= 15 is 0 Å². The average Bonchev–Trinajstić information content (AvgIpc) is 2.84. The van der Waals surface area contributed by atoms with Gasteiger partial charge in [-0.1, -0.05) is 18.2 Å². The van der Waals surface area contributed by atoms with Gasteiger partial charge in [0.2, 0.25) is 0 Å². The van der Waals surface area contributed by atoms with Crippen LogP contribution in [0.15, 0.2) is 42.5 Å². The van der Waals surface area contributed by atoms with Crippen molar-refractivity contribution in [1.82, 2.24) is 0 Å². The molecule has 3 rings (SSSR count). The minimum absolute atomic E-state index is 0.147. The zero-order valence-corrected chi connectivity index (χ0v) is 11.8. The Morgan fingerprint density at radius 2 is 1.77 bits per heavy atom. The molecule has 7 heteroatoms. The summed E-state index contributed by atoms with van der Waals surface area (Å²) in [7, 11) is 0. The summed E-state index contributed by atoms with van der Waals surface area (Å²) in [5.74, 6) is -1.56. The number of nitrogens with two attached hydrogens (primary N) is 1. The average molecular weight is 327 g/mol. The number of hydrogen-bond acceptors (Lipinski definition) is 3. The molecule has 22 heavy (non-hydrogen) atoms. The highest BCUT2D eigenvalue weighted by molar-refractivity contribution is 7.22. The van der Waals surface area contributed by atoms with Crippen molar-refractivity contribution >= 4 is 27.1 Å². The molecule has 0 spiro atoms. The minimum Gasteiger partial charge on any atom is -0.403 e. The fourth-order valence-electron chi connectivity index (χ4n) is 2.09. The highest BCUT2D eigenvalue weighted by Crippen LogP contribution is 2.39. The number of nitrogen functional groups attached to an aromatic ring is 1. The summed E-state index contributed by atoms with van der Waals surface area (Å²) >= 11 is 1.33. The Kier molecular flexibility index (Phi) is 3.44. The molecule has 2 N–H and O–H groups in total. The fourth-order valence-corrected chi connectivity index (χ4v) is 3.17. The molecule has 2 nitrogen and oxygen atoms in total. The van der Waals surface area contributed by atoms with E-state index in [2.05, 4.69) is 4.74 Å². The number of rotatable bonds is 2. The molecule has 114 valence electrons. The Bertz CT molecular complexity index is 808. The second-order valence-electron chi connectivity index (χ2n) is 4.57. The monoisotopic (exact) mass is 327 g/mol. The van der Waals surface area contributed by atoms with Gasteiger partial charge < -0.3 is 10.5 Å². The molecule has 0 atom stereocenters. The lowest BCUT2D eigenvalue weighted by molar-refractivity contribution is -0.274. The molecule has 0 fully saturated rings. The van der Waals surface area contributed by atoms with Crippen LogP contribution in [0.4, 0.5) is 23.2 Å². The van der Waals surface area contributed by atoms with Gasteiger partial charge in [0, 0.05) is 21.2 Å². The van der Waals surface area contributed by atoms with Crippen LogP contribution in [0, 0.1) is 5.82 Å². The van der Waals surface area contributed by atoms with Gasteiger partial charge in [-0.05, 0) is 23.6 Å². The number of halogens is 4. The largest absolute Gasteiger partial charge is 0.573 e. The zero-order valence-electron chi connectivity index (χ0n) is 10.9. The summed E-state index contributed by atoms with van der Waals surface area (Å²) < 4.78 is 55.4. The van der Waals surface area contributed by atoms with Crippen LogP contribution in [-0.2, 0) is 0 Å². The van der Waals surface area contributed by atoms with E-state index in [-0.39, 0.29) is 11.3 Å². The molecule has 0 aliphatic carbocycles. The van der Waals surface area contributed by atoms with Gasteiger partial charge in [-0.15, -0.1) is 24.5 Å². The number of fused-ring (bicyclic) bond motifs is 1. The summed E-state index contributed by atoms with van der Waals surface area (Å²) in [5.41, 5.74) is 5.42. The van der Waals surface area contributed by atoms with Gasteiger partial charge in [0.1, 0.15) is 5.82 Å². The van der Waals surface area contributed by atoms with E-state index in [1.54, 1.807) is 6.07 Å². The lowest BCUT2D eigenvalue weighted by Crippen LogP contribution is -2.18. The first-order chi connectivity index (χ1) is 10.3. The number of alkyl halides is 3. The number of thiophene rings is 1. The Hall–Kier alpha value is -2.28. The Balaban J connectivity index is 2.06. The van der Waals surface area contributed by atoms with E-state index in [1.165, 1.54) is 11.3 Å². The normalized spacial score (nSPS) is 11.8. The molecule has 0 unspecified atom stereocenters. The molecule has 0 aliphatic heterocycles. The van der Waals surface area contributed by atoms with Gasteiger partial charge in [-0.2, -0.15) is 0 Å². The first-order valence-electron chi connectivity index (χ1n) is 6.17. The van der Waals surface area contributed by atoms with Crippen LogP contribution < -0.4 is 10.5 Å². The maximum atomic E-state index is 14.1. The molecule has 3 aromatic rings. The Morgan fingerprint density at radius 1 is 1.05 bits per heavy atom. The van der Waals surface area contributed by atoms with Gasteiger partial charge in [-0.3, -0.25) is 0 Å². The van der Waals surface area contributed by atoms with Crippen LogP contribution in [0.25, 0.3) is 20.5 Å². The molecule has 0 aliphatic rings. The SMILES string of the molecule is Nc1cc(-c2cc3ccccc3s2)c(F)cc1OC(F)(F)F. The summed E-state index contributed by atoms with van der Waals surface area (Å²) in [6.45, 7) is 0. The van der Waals surface area contributed by atoms with Gasteiger partial charge in [-0.25, -0.2) is 4.39 Å². The van der Waals surface area contributed by atoms with Crippen LogP contribution >= 0.6 is 11.3 Å². The highest BCUT2D eigenvalue weighted by Gasteiger charge is 2.32. The lowest BCUT2D eigenvalue weighted by atomic mass is 10.1. The number of anilines is 1. The van der Waals surface area contributed by atoms with Crippen molar-refractivity contribution < 1.29 is 22.3 Å². The van der Waals surface area contributed by atoms with Crippen molar-refractivity contribution in [3.8, 4) is 16.2 Å². The molecule has 1 aromatic heterocycles. The van der Waals surface area contributed by atoms with Crippen molar-refractivity contribution in [1.29, 1.82) is 0 Å². The van der Waals surface area contributed by atoms with Crippen LogP contribution in [0.3, 0.4) is 0 Å². The molecule has 2 aromatic carbocycles. The van der Waals surface area contributed by atoms with Crippen molar-refractivity contribution in [3.63, 3.8) is 0 Å². The second kappa shape index (κ2) is 5.17. The number of hydrogen-bond donors (Lipinski definition) is 1. The fraction of sp³-hybridized carbons (Fsp3) is 0.0667. The summed E-state index contributed by atoms with van der Waals surface area (Å²) in [5, 5.41) is 0.927. The molecular formula is C15H9F4NOS. The highest BCUT2D eigenvalue weighted by atomic mass is 32.1. The standard InChI is InChI=1S/C15H9F4NOS/c16-10-7-12(21-15(17,18)19)11(20)6-9(10)14-5-8-3-1-2-4-13(8)22-14/h1-7H,20H2. The minimum atomic E-state index is -4.92. The summed E-state index contributed by atoms with van der Waals surface area (Å²) in [6, 6.07) is 11.0. The van der Waals surface area contributed by atoms with Crippen molar-refractivity contribution in [3.05, 3.63) is 48.3 Å². The summed E-state index contributed by atoms with van der Waals surface area (Å²) in [6.07, 6.45) is -4.92. The van der Waals surface area contributed by atoms with E-state index in [4.69, 9.17) is 5.73 Å². The third-order valence-corrected chi connectivity index (χ3v) is 4.17. The lowest BCUT2D eigenvalue weighted by Gasteiger charge is -2.12. The van der Waals surface area contributed by atoms with Gasteiger partial charge >= 0.3 is 6.36 Å². The van der Waals surface area contributed by atoms with E-state index in [9.17, 15) is 17.6 Å². The molecule has 0 amide bonds. The van der Waals surface area contributed by atoms with Crippen molar-refractivity contribution in [2.45, 2.75) is 6.36 Å².